The quantitative estimate of drug-likeness (QED) is 0.884. The largest absolute Gasteiger partial charge is 0.306 e. The van der Waals surface area contributed by atoms with Gasteiger partial charge in [0.25, 0.3) is 0 Å². The topological polar surface area (TPSA) is 24.9 Å². The maximum absolute atomic E-state index is 4.15. The summed E-state index contributed by atoms with van der Waals surface area (Å²) in [5.41, 5.74) is 3.27. The van der Waals surface area contributed by atoms with E-state index < -0.39 is 0 Å². The van der Waals surface area contributed by atoms with Crippen LogP contribution >= 0.6 is 22.7 Å². The van der Waals surface area contributed by atoms with E-state index in [0.29, 0.717) is 6.04 Å². The molecule has 0 saturated heterocycles. The van der Waals surface area contributed by atoms with E-state index in [1.165, 1.54) is 15.3 Å². The number of hydrogen-bond donors (Lipinski definition) is 1. The van der Waals surface area contributed by atoms with Gasteiger partial charge in [-0.2, -0.15) is 0 Å². The predicted molar refractivity (Wildman–Crippen MR) is 66.7 cm³/mol. The third-order valence-corrected chi connectivity index (χ3v) is 4.06. The monoisotopic (exact) mass is 238 g/mol. The van der Waals surface area contributed by atoms with E-state index in [4.69, 9.17) is 0 Å². The molecule has 0 spiro atoms. The first-order chi connectivity index (χ1) is 7.33. The fourth-order valence-electron chi connectivity index (χ4n) is 1.63. The molecular formula is C11H14N2S2. The van der Waals surface area contributed by atoms with Gasteiger partial charge in [0.15, 0.2) is 0 Å². The van der Waals surface area contributed by atoms with Crippen LogP contribution in [0.4, 0.5) is 0 Å². The Morgan fingerprint density at radius 3 is 2.87 bits per heavy atom. The van der Waals surface area contributed by atoms with Gasteiger partial charge in [0.1, 0.15) is 0 Å². The van der Waals surface area contributed by atoms with Crippen LogP contribution in [0, 0.1) is 6.92 Å². The summed E-state index contributed by atoms with van der Waals surface area (Å²) >= 11 is 3.51. The van der Waals surface area contributed by atoms with Crippen molar-refractivity contribution in [3.8, 4) is 0 Å². The predicted octanol–water partition coefficient (Wildman–Crippen LogP) is 3.21. The Morgan fingerprint density at radius 1 is 1.47 bits per heavy atom. The number of aryl methyl sites for hydroxylation is 1. The van der Waals surface area contributed by atoms with Crippen LogP contribution in [0.3, 0.4) is 0 Å². The fraction of sp³-hybridized carbons (Fsp3) is 0.364. The first kappa shape index (κ1) is 10.8. The summed E-state index contributed by atoms with van der Waals surface area (Å²) in [6, 6.07) is 2.52. The number of thiophene rings is 1. The fourth-order valence-corrected chi connectivity index (χ4v) is 3.08. The molecule has 2 aromatic rings. The summed E-state index contributed by atoms with van der Waals surface area (Å²) in [5, 5.41) is 5.65. The maximum atomic E-state index is 4.15. The molecular weight excluding hydrogens is 224 g/mol. The van der Waals surface area contributed by atoms with E-state index in [1.54, 1.807) is 22.7 Å². The molecule has 2 aromatic heterocycles. The Morgan fingerprint density at radius 2 is 2.33 bits per heavy atom. The molecule has 0 aliphatic carbocycles. The Hall–Kier alpha value is -0.710. The first-order valence-electron chi connectivity index (χ1n) is 4.98. The van der Waals surface area contributed by atoms with Gasteiger partial charge in [-0.25, -0.2) is 0 Å². The van der Waals surface area contributed by atoms with Crippen LogP contribution < -0.4 is 5.32 Å². The van der Waals surface area contributed by atoms with Crippen molar-refractivity contribution in [1.29, 1.82) is 0 Å². The molecule has 0 aliphatic heterocycles. The summed E-state index contributed by atoms with van der Waals surface area (Å²) in [7, 11) is 0. The molecule has 4 heteroatoms. The summed E-state index contributed by atoms with van der Waals surface area (Å²) in [6.07, 6.45) is 1.95. The molecule has 2 nitrogen and oxygen atoms in total. The van der Waals surface area contributed by atoms with Gasteiger partial charge in [0, 0.05) is 16.0 Å². The number of nitrogens with zero attached hydrogens (tertiary/aromatic N) is 1. The highest BCUT2D eigenvalue weighted by atomic mass is 32.1. The third kappa shape index (κ3) is 2.27. The lowest BCUT2D eigenvalue weighted by Crippen LogP contribution is -2.21. The second-order valence-electron chi connectivity index (χ2n) is 3.33. The van der Waals surface area contributed by atoms with Crippen molar-refractivity contribution in [3.63, 3.8) is 0 Å². The highest BCUT2D eigenvalue weighted by molar-refractivity contribution is 7.10. The lowest BCUT2D eigenvalue weighted by molar-refractivity contribution is 0.638. The third-order valence-electron chi connectivity index (χ3n) is 2.35. The molecule has 1 atom stereocenters. The zero-order chi connectivity index (χ0) is 10.7. The lowest BCUT2D eigenvalue weighted by atomic mass is 10.1. The normalized spacial score (nSPS) is 12.9. The summed E-state index contributed by atoms with van der Waals surface area (Å²) in [4.78, 5) is 6.82. The van der Waals surface area contributed by atoms with Gasteiger partial charge in [0.2, 0.25) is 0 Å². The number of hydrogen-bond acceptors (Lipinski definition) is 4. The highest BCUT2D eigenvalue weighted by Gasteiger charge is 2.16. The number of rotatable bonds is 4. The van der Waals surface area contributed by atoms with Crippen molar-refractivity contribution < 1.29 is 0 Å². The van der Waals surface area contributed by atoms with Gasteiger partial charge < -0.3 is 5.32 Å². The van der Waals surface area contributed by atoms with Crippen molar-refractivity contribution in [2.24, 2.45) is 0 Å². The Labute approximate surface area is 98.0 Å². The molecule has 0 saturated carbocycles. The van der Waals surface area contributed by atoms with Crippen molar-refractivity contribution in [2.75, 3.05) is 6.54 Å². The molecule has 1 unspecified atom stereocenters. The smallest absolute Gasteiger partial charge is 0.0794 e. The van der Waals surface area contributed by atoms with E-state index in [1.807, 2.05) is 11.7 Å². The van der Waals surface area contributed by atoms with Crippen LogP contribution in [-0.4, -0.2) is 11.5 Å². The SMILES string of the molecule is CCNC(c1cncs1)c1ccsc1C. The van der Waals surface area contributed by atoms with Crippen LogP contribution in [0.15, 0.2) is 23.2 Å². The van der Waals surface area contributed by atoms with Crippen LogP contribution in [0.2, 0.25) is 0 Å². The molecule has 2 heterocycles. The minimum atomic E-state index is 0.314. The molecule has 1 N–H and O–H groups in total. The van der Waals surface area contributed by atoms with Crippen molar-refractivity contribution in [1.82, 2.24) is 10.3 Å². The van der Waals surface area contributed by atoms with Crippen molar-refractivity contribution in [2.45, 2.75) is 19.9 Å². The molecule has 2 rings (SSSR count). The van der Waals surface area contributed by atoms with Crippen LogP contribution in [0.1, 0.15) is 28.3 Å². The average molecular weight is 238 g/mol. The molecule has 15 heavy (non-hydrogen) atoms. The van der Waals surface area contributed by atoms with Gasteiger partial charge in [-0.15, -0.1) is 22.7 Å². The molecule has 0 radical (unpaired) electrons. The Balaban J connectivity index is 2.32. The van der Waals surface area contributed by atoms with Crippen molar-refractivity contribution >= 4 is 22.7 Å². The summed E-state index contributed by atoms with van der Waals surface area (Å²) in [5.74, 6) is 0. The summed E-state index contributed by atoms with van der Waals surface area (Å²) in [6.45, 7) is 5.28. The minimum absolute atomic E-state index is 0.314. The van der Waals surface area contributed by atoms with Gasteiger partial charge in [0.05, 0.1) is 11.6 Å². The van der Waals surface area contributed by atoms with Gasteiger partial charge in [-0.05, 0) is 30.5 Å². The molecule has 80 valence electrons. The van der Waals surface area contributed by atoms with Crippen LogP contribution in [0.25, 0.3) is 0 Å². The van der Waals surface area contributed by atoms with Gasteiger partial charge in [-0.1, -0.05) is 6.92 Å². The Kier molecular flexibility index (Phi) is 3.51. The van der Waals surface area contributed by atoms with E-state index in [0.717, 1.165) is 6.54 Å². The average Bonchev–Trinajstić information content (AvgIpc) is 2.85. The lowest BCUT2D eigenvalue weighted by Gasteiger charge is -2.15. The number of nitrogens with one attached hydrogen (secondary N) is 1. The van der Waals surface area contributed by atoms with Gasteiger partial charge in [-0.3, -0.25) is 4.98 Å². The molecule has 0 amide bonds. The standard InChI is InChI=1S/C11H14N2S2/c1-3-13-11(10-6-12-7-15-10)9-4-5-14-8(9)2/h4-7,11,13H,3H2,1-2H3. The molecule has 0 fully saturated rings. The molecule has 0 bridgehead atoms. The van der Waals surface area contributed by atoms with Crippen LogP contribution in [-0.2, 0) is 0 Å². The van der Waals surface area contributed by atoms with E-state index in [9.17, 15) is 0 Å². The zero-order valence-electron chi connectivity index (χ0n) is 8.86. The minimum Gasteiger partial charge on any atom is -0.306 e. The Bertz CT molecular complexity index is 406. The maximum Gasteiger partial charge on any atom is 0.0794 e. The second-order valence-corrected chi connectivity index (χ2v) is 5.36. The zero-order valence-corrected chi connectivity index (χ0v) is 10.5. The first-order valence-corrected chi connectivity index (χ1v) is 6.74. The number of thiazole rings is 1. The molecule has 0 aliphatic rings. The van der Waals surface area contributed by atoms with E-state index in [-0.39, 0.29) is 0 Å². The van der Waals surface area contributed by atoms with Crippen LogP contribution in [0.5, 0.6) is 0 Å². The van der Waals surface area contributed by atoms with Gasteiger partial charge >= 0.3 is 0 Å². The van der Waals surface area contributed by atoms with Crippen molar-refractivity contribution in [3.05, 3.63) is 38.5 Å². The number of aromatic nitrogens is 1. The highest BCUT2D eigenvalue weighted by Crippen LogP contribution is 2.29. The summed E-state index contributed by atoms with van der Waals surface area (Å²) < 4.78 is 0. The molecule has 0 aromatic carbocycles. The van der Waals surface area contributed by atoms with E-state index in [2.05, 4.69) is 35.6 Å². The second kappa shape index (κ2) is 4.88. The van der Waals surface area contributed by atoms with E-state index >= 15 is 0 Å².